The number of phenols is 1. The molecule has 1 aromatic carbocycles. The van der Waals surface area contributed by atoms with E-state index < -0.39 is 0 Å². The summed E-state index contributed by atoms with van der Waals surface area (Å²) >= 11 is 0. The Bertz CT molecular complexity index is 390. The van der Waals surface area contributed by atoms with E-state index in [1.807, 2.05) is 12.1 Å². The number of hydrogen-bond donors (Lipinski definition) is 2. The SMILES string of the molecule is CC1CCC(CN)CN1C(C)Cc1ccc(O)cc1. The van der Waals surface area contributed by atoms with Gasteiger partial charge in [0.25, 0.3) is 0 Å². The van der Waals surface area contributed by atoms with Crippen LogP contribution in [0.5, 0.6) is 5.75 Å². The molecule has 106 valence electrons. The molecule has 0 bridgehead atoms. The van der Waals surface area contributed by atoms with Gasteiger partial charge in [-0.15, -0.1) is 0 Å². The molecule has 1 fully saturated rings. The Morgan fingerprint density at radius 1 is 1.32 bits per heavy atom. The Balaban J connectivity index is 1.97. The summed E-state index contributed by atoms with van der Waals surface area (Å²) < 4.78 is 0. The molecule has 0 aromatic heterocycles. The third-order valence-electron chi connectivity index (χ3n) is 4.39. The first kappa shape index (κ1) is 14.4. The van der Waals surface area contributed by atoms with Crippen LogP contribution in [0.25, 0.3) is 0 Å². The van der Waals surface area contributed by atoms with Gasteiger partial charge >= 0.3 is 0 Å². The number of benzene rings is 1. The number of rotatable bonds is 4. The fourth-order valence-electron chi connectivity index (χ4n) is 3.11. The van der Waals surface area contributed by atoms with Crippen LogP contribution in [0.3, 0.4) is 0 Å². The molecular weight excluding hydrogens is 236 g/mol. The van der Waals surface area contributed by atoms with Gasteiger partial charge in [-0.2, -0.15) is 0 Å². The van der Waals surface area contributed by atoms with Crippen molar-refractivity contribution in [1.82, 2.24) is 4.90 Å². The van der Waals surface area contributed by atoms with Crippen molar-refractivity contribution in [2.45, 2.75) is 45.2 Å². The smallest absolute Gasteiger partial charge is 0.115 e. The molecule has 0 spiro atoms. The Labute approximate surface area is 116 Å². The Morgan fingerprint density at radius 2 is 2.00 bits per heavy atom. The normalized spacial score (nSPS) is 26.3. The van der Waals surface area contributed by atoms with Crippen LogP contribution in [0.2, 0.25) is 0 Å². The predicted molar refractivity (Wildman–Crippen MR) is 79.2 cm³/mol. The number of phenolic OH excluding ortho intramolecular Hbond substituents is 1. The molecule has 0 saturated carbocycles. The highest BCUT2D eigenvalue weighted by Crippen LogP contribution is 2.24. The fourth-order valence-corrected chi connectivity index (χ4v) is 3.11. The summed E-state index contributed by atoms with van der Waals surface area (Å²) in [6.07, 6.45) is 3.55. The lowest BCUT2D eigenvalue weighted by Gasteiger charge is -2.41. The van der Waals surface area contributed by atoms with Gasteiger partial charge < -0.3 is 10.8 Å². The van der Waals surface area contributed by atoms with Gasteiger partial charge in [-0.05, 0) is 63.3 Å². The van der Waals surface area contributed by atoms with Crippen LogP contribution in [-0.4, -0.2) is 35.2 Å². The van der Waals surface area contributed by atoms with Crippen LogP contribution < -0.4 is 5.73 Å². The first-order valence-corrected chi connectivity index (χ1v) is 7.34. The summed E-state index contributed by atoms with van der Waals surface area (Å²) in [5.74, 6) is 0.990. The van der Waals surface area contributed by atoms with E-state index in [1.165, 1.54) is 18.4 Å². The van der Waals surface area contributed by atoms with Crippen molar-refractivity contribution in [3.63, 3.8) is 0 Å². The van der Waals surface area contributed by atoms with Crippen LogP contribution in [0.4, 0.5) is 0 Å². The molecule has 3 N–H and O–H groups in total. The highest BCUT2D eigenvalue weighted by atomic mass is 16.3. The van der Waals surface area contributed by atoms with E-state index in [1.54, 1.807) is 12.1 Å². The molecule has 1 aromatic rings. The molecule has 0 radical (unpaired) electrons. The molecule has 1 aliphatic heterocycles. The first-order valence-electron chi connectivity index (χ1n) is 7.34. The molecule has 1 heterocycles. The summed E-state index contributed by atoms with van der Waals surface area (Å²) in [6, 6.07) is 8.74. The third kappa shape index (κ3) is 3.71. The minimum absolute atomic E-state index is 0.339. The van der Waals surface area contributed by atoms with Crippen LogP contribution in [0.15, 0.2) is 24.3 Å². The zero-order chi connectivity index (χ0) is 13.8. The molecule has 3 unspecified atom stereocenters. The maximum Gasteiger partial charge on any atom is 0.115 e. The number of piperidine rings is 1. The highest BCUT2D eigenvalue weighted by Gasteiger charge is 2.27. The molecule has 3 nitrogen and oxygen atoms in total. The summed E-state index contributed by atoms with van der Waals surface area (Å²) in [6.45, 7) is 6.54. The van der Waals surface area contributed by atoms with Crippen LogP contribution in [-0.2, 0) is 6.42 Å². The summed E-state index contributed by atoms with van der Waals surface area (Å²) in [5.41, 5.74) is 7.11. The summed E-state index contributed by atoms with van der Waals surface area (Å²) in [4.78, 5) is 2.59. The maximum absolute atomic E-state index is 9.32. The third-order valence-corrected chi connectivity index (χ3v) is 4.39. The molecule has 2 rings (SSSR count). The van der Waals surface area contributed by atoms with E-state index in [0.29, 0.717) is 23.8 Å². The van der Waals surface area contributed by atoms with Gasteiger partial charge in [0.1, 0.15) is 5.75 Å². The lowest BCUT2D eigenvalue weighted by molar-refractivity contribution is 0.0814. The summed E-state index contributed by atoms with van der Waals surface area (Å²) in [7, 11) is 0. The quantitative estimate of drug-likeness (QED) is 0.876. The minimum atomic E-state index is 0.339. The van der Waals surface area contributed by atoms with Gasteiger partial charge in [-0.25, -0.2) is 0 Å². The number of hydrogen-bond acceptors (Lipinski definition) is 3. The number of likely N-dealkylation sites (tertiary alicyclic amines) is 1. The van der Waals surface area contributed by atoms with Gasteiger partial charge in [0.15, 0.2) is 0 Å². The second-order valence-corrected chi connectivity index (χ2v) is 5.94. The Hall–Kier alpha value is -1.06. The van der Waals surface area contributed by atoms with Crippen LogP contribution in [0.1, 0.15) is 32.3 Å². The molecule has 1 aliphatic rings. The molecule has 3 heteroatoms. The maximum atomic E-state index is 9.32. The summed E-state index contributed by atoms with van der Waals surface area (Å²) in [5, 5.41) is 9.32. The molecule has 0 aliphatic carbocycles. The molecule has 19 heavy (non-hydrogen) atoms. The van der Waals surface area contributed by atoms with Crippen LogP contribution in [0, 0.1) is 5.92 Å². The van der Waals surface area contributed by atoms with Crippen molar-refractivity contribution in [2.75, 3.05) is 13.1 Å². The van der Waals surface area contributed by atoms with Gasteiger partial charge in [0.05, 0.1) is 0 Å². The highest BCUT2D eigenvalue weighted by molar-refractivity contribution is 5.26. The number of aromatic hydroxyl groups is 1. The lowest BCUT2D eigenvalue weighted by Crippen LogP contribution is -2.48. The van der Waals surface area contributed by atoms with Gasteiger partial charge in [-0.1, -0.05) is 12.1 Å². The topological polar surface area (TPSA) is 49.5 Å². The second-order valence-electron chi connectivity index (χ2n) is 5.94. The first-order chi connectivity index (χ1) is 9.10. The standard InChI is InChI=1S/C16H26N2O/c1-12-3-4-15(10-17)11-18(12)13(2)9-14-5-7-16(19)8-6-14/h5-8,12-13,15,19H,3-4,9-11,17H2,1-2H3. The van der Waals surface area contributed by atoms with E-state index in [4.69, 9.17) is 5.73 Å². The van der Waals surface area contributed by atoms with Crippen molar-refractivity contribution >= 4 is 0 Å². The molecule has 1 saturated heterocycles. The van der Waals surface area contributed by atoms with Crippen molar-refractivity contribution in [1.29, 1.82) is 0 Å². The average molecular weight is 262 g/mol. The minimum Gasteiger partial charge on any atom is -0.508 e. The monoisotopic (exact) mass is 262 g/mol. The van der Waals surface area contributed by atoms with Crippen molar-refractivity contribution in [2.24, 2.45) is 11.7 Å². The molecule has 0 amide bonds. The van der Waals surface area contributed by atoms with Gasteiger partial charge in [0, 0.05) is 18.6 Å². The zero-order valence-electron chi connectivity index (χ0n) is 12.0. The van der Waals surface area contributed by atoms with Crippen LogP contribution >= 0.6 is 0 Å². The van der Waals surface area contributed by atoms with Crippen molar-refractivity contribution < 1.29 is 5.11 Å². The van der Waals surface area contributed by atoms with Crippen molar-refractivity contribution in [3.8, 4) is 5.75 Å². The second kappa shape index (κ2) is 6.40. The lowest BCUT2D eigenvalue weighted by atomic mass is 9.91. The molecular formula is C16H26N2O. The number of nitrogens with two attached hydrogens (primary N) is 1. The van der Waals surface area contributed by atoms with E-state index in [0.717, 1.165) is 19.5 Å². The van der Waals surface area contributed by atoms with E-state index in [2.05, 4.69) is 18.7 Å². The largest absolute Gasteiger partial charge is 0.508 e. The number of nitrogens with zero attached hydrogens (tertiary/aromatic N) is 1. The predicted octanol–water partition coefficient (Wildman–Crippen LogP) is 2.38. The van der Waals surface area contributed by atoms with E-state index >= 15 is 0 Å². The Morgan fingerprint density at radius 3 is 2.63 bits per heavy atom. The Kier molecular flexibility index (Phi) is 4.83. The fraction of sp³-hybridized carbons (Fsp3) is 0.625. The zero-order valence-corrected chi connectivity index (χ0v) is 12.0. The van der Waals surface area contributed by atoms with Gasteiger partial charge in [0.2, 0.25) is 0 Å². The average Bonchev–Trinajstić information content (AvgIpc) is 2.42. The van der Waals surface area contributed by atoms with E-state index in [9.17, 15) is 5.11 Å². The van der Waals surface area contributed by atoms with E-state index in [-0.39, 0.29) is 0 Å². The molecule has 3 atom stereocenters. The van der Waals surface area contributed by atoms with Gasteiger partial charge in [-0.3, -0.25) is 4.90 Å². The van der Waals surface area contributed by atoms with Crippen molar-refractivity contribution in [3.05, 3.63) is 29.8 Å².